The Kier molecular flexibility index (Phi) is 7.01. The van der Waals surface area contributed by atoms with Crippen LogP contribution < -0.4 is 16.2 Å². The molecular weight excluding hydrogens is 348 g/mol. The number of benzene rings is 1. The maximum absolute atomic E-state index is 12.4. The number of ether oxygens (including phenoxy) is 1. The van der Waals surface area contributed by atoms with Gasteiger partial charge >= 0.3 is 5.97 Å². The van der Waals surface area contributed by atoms with Crippen molar-refractivity contribution in [3.8, 4) is 0 Å². The first-order chi connectivity index (χ1) is 12.9. The second-order valence-electron chi connectivity index (χ2n) is 5.83. The number of pyridine rings is 1. The molecule has 0 saturated carbocycles. The summed E-state index contributed by atoms with van der Waals surface area (Å²) >= 11 is 0. The summed E-state index contributed by atoms with van der Waals surface area (Å²) in [6.45, 7) is 3.71. The van der Waals surface area contributed by atoms with Crippen molar-refractivity contribution in [3.05, 3.63) is 59.9 Å². The van der Waals surface area contributed by atoms with Gasteiger partial charge in [-0.05, 0) is 38.1 Å². The fraction of sp³-hybridized carbons (Fsp3) is 0.263. The first-order valence-electron chi connectivity index (χ1n) is 8.49. The highest BCUT2D eigenvalue weighted by molar-refractivity contribution is 6.04. The highest BCUT2D eigenvalue weighted by atomic mass is 16.5. The number of rotatable bonds is 7. The zero-order valence-corrected chi connectivity index (χ0v) is 15.2. The number of anilines is 1. The van der Waals surface area contributed by atoms with E-state index < -0.39 is 17.9 Å². The Bertz CT molecular complexity index is 793. The van der Waals surface area contributed by atoms with Crippen LogP contribution >= 0.6 is 0 Å². The van der Waals surface area contributed by atoms with Gasteiger partial charge in [-0.1, -0.05) is 18.2 Å². The van der Waals surface area contributed by atoms with Gasteiger partial charge in [-0.15, -0.1) is 0 Å². The molecule has 0 fully saturated rings. The Morgan fingerprint density at radius 1 is 1.19 bits per heavy atom. The smallest absolute Gasteiger partial charge is 0.307 e. The Hall–Kier alpha value is -3.26. The number of carbonyl (C=O) groups excluding carboxylic acids is 3. The number of hydrogen-bond donors (Lipinski definition) is 2. The molecule has 0 bridgehead atoms. The monoisotopic (exact) mass is 370 g/mol. The van der Waals surface area contributed by atoms with Crippen LogP contribution in [0.4, 0.5) is 5.69 Å². The molecule has 0 spiro atoms. The fourth-order valence-electron chi connectivity index (χ4n) is 2.31. The van der Waals surface area contributed by atoms with Crippen molar-refractivity contribution < 1.29 is 19.1 Å². The van der Waals surface area contributed by atoms with Crippen molar-refractivity contribution in [2.45, 2.75) is 26.3 Å². The number of carbonyl (C=O) groups is 3. The number of hydrazine groups is 1. The molecule has 0 aliphatic rings. The molecule has 2 aromatic rings. The molecule has 0 radical (unpaired) electrons. The van der Waals surface area contributed by atoms with E-state index in [0.717, 1.165) is 5.01 Å². The number of aromatic nitrogens is 1. The first-order valence-corrected chi connectivity index (χ1v) is 8.49. The lowest BCUT2D eigenvalue weighted by Crippen LogP contribution is -2.38. The molecule has 1 aromatic heterocycles. The highest BCUT2D eigenvalue weighted by Gasteiger charge is 2.18. The number of amides is 2. The summed E-state index contributed by atoms with van der Waals surface area (Å²) in [5.41, 5.74) is 0.905. The van der Waals surface area contributed by atoms with E-state index in [0.29, 0.717) is 12.3 Å². The van der Waals surface area contributed by atoms with E-state index in [1.807, 2.05) is 6.07 Å². The van der Waals surface area contributed by atoms with Crippen molar-refractivity contribution >= 4 is 23.5 Å². The lowest BCUT2D eigenvalue weighted by atomic mass is 10.2. The summed E-state index contributed by atoms with van der Waals surface area (Å²) < 4.78 is 4.84. The van der Waals surface area contributed by atoms with Crippen LogP contribution in [0.2, 0.25) is 0 Å². The molecule has 2 amide bonds. The number of nitrogens with one attached hydrogen (secondary N) is 1. The first kappa shape index (κ1) is 20.1. The topological polar surface area (TPSA) is 115 Å². The summed E-state index contributed by atoms with van der Waals surface area (Å²) in [4.78, 5) is 40.0. The summed E-state index contributed by atoms with van der Waals surface area (Å²) in [7, 11) is 0. The van der Waals surface area contributed by atoms with Crippen molar-refractivity contribution in [2.24, 2.45) is 5.84 Å². The van der Waals surface area contributed by atoms with Gasteiger partial charge in [0.05, 0.1) is 24.3 Å². The van der Waals surface area contributed by atoms with Crippen LogP contribution in [0.3, 0.4) is 0 Å². The average molecular weight is 370 g/mol. The van der Waals surface area contributed by atoms with Gasteiger partial charge in [-0.25, -0.2) is 10.9 Å². The Balaban J connectivity index is 1.98. The Morgan fingerprint density at radius 3 is 2.48 bits per heavy atom. The maximum Gasteiger partial charge on any atom is 0.307 e. The van der Waals surface area contributed by atoms with E-state index in [-0.39, 0.29) is 23.6 Å². The molecule has 1 heterocycles. The van der Waals surface area contributed by atoms with Crippen molar-refractivity contribution in [1.29, 1.82) is 0 Å². The normalized spacial score (nSPS) is 11.4. The summed E-state index contributed by atoms with van der Waals surface area (Å²) in [5, 5.41) is 3.67. The number of esters is 1. The third-order valence-corrected chi connectivity index (χ3v) is 3.65. The number of nitrogens with zero attached hydrogens (tertiary/aromatic N) is 2. The van der Waals surface area contributed by atoms with Gasteiger partial charge in [0.15, 0.2) is 0 Å². The van der Waals surface area contributed by atoms with Crippen molar-refractivity contribution in [1.82, 2.24) is 10.3 Å². The molecule has 1 aromatic carbocycles. The molecule has 0 saturated heterocycles. The van der Waals surface area contributed by atoms with E-state index >= 15 is 0 Å². The summed E-state index contributed by atoms with van der Waals surface area (Å²) in [6.07, 6.45) is 1.36. The van der Waals surface area contributed by atoms with Gasteiger partial charge in [-0.2, -0.15) is 0 Å². The molecule has 27 heavy (non-hydrogen) atoms. The van der Waals surface area contributed by atoms with E-state index in [4.69, 9.17) is 10.6 Å². The molecule has 142 valence electrons. The van der Waals surface area contributed by atoms with E-state index in [1.165, 1.54) is 18.3 Å². The second-order valence-corrected chi connectivity index (χ2v) is 5.83. The largest absolute Gasteiger partial charge is 0.466 e. The molecule has 8 nitrogen and oxygen atoms in total. The molecule has 1 unspecified atom stereocenters. The van der Waals surface area contributed by atoms with Gasteiger partial charge in [0.25, 0.3) is 11.8 Å². The van der Waals surface area contributed by atoms with Gasteiger partial charge in [-0.3, -0.25) is 19.4 Å². The third-order valence-electron chi connectivity index (χ3n) is 3.65. The molecule has 8 heteroatoms. The van der Waals surface area contributed by atoms with Crippen LogP contribution in [0.15, 0.2) is 48.7 Å². The molecule has 1 atom stereocenters. The summed E-state index contributed by atoms with van der Waals surface area (Å²) in [6, 6.07) is 11.3. The number of hydrogen-bond acceptors (Lipinski definition) is 6. The third kappa shape index (κ3) is 5.61. The minimum atomic E-state index is -0.496. The van der Waals surface area contributed by atoms with Crippen LogP contribution in [-0.4, -0.2) is 35.4 Å². The number of para-hydroxylation sites is 1. The Morgan fingerprint density at radius 2 is 1.89 bits per heavy atom. The molecule has 3 N–H and O–H groups in total. The maximum atomic E-state index is 12.4. The zero-order chi connectivity index (χ0) is 19.8. The van der Waals surface area contributed by atoms with Crippen LogP contribution in [-0.2, 0) is 9.53 Å². The zero-order valence-electron chi connectivity index (χ0n) is 15.2. The van der Waals surface area contributed by atoms with E-state index in [2.05, 4.69) is 10.3 Å². The quantitative estimate of drug-likeness (QED) is 0.332. The predicted octanol–water partition coefficient (Wildman–Crippen LogP) is 1.67. The van der Waals surface area contributed by atoms with Crippen LogP contribution in [0.25, 0.3) is 0 Å². The standard InChI is InChI=1S/C19H22N4O4/c1-3-27-17(24)11-13(2)22-18(25)14-9-10-16(21-12-14)19(26)23(20)15-7-5-4-6-8-15/h4-10,12-13H,3,11,20H2,1-2H3,(H,22,25). The SMILES string of the molecule is CCOC(=O)CC(C)NC(=O)c1ccc(C(=O)N(N)c2ccccc2)nc1. The van der Waals surface area contributed by atoms with Gasteiger partial charge in [0.2, 0.25) is 0 Å². The number of nitrogens with two attached hydrogens (primary N) is 1. The van der Waals surface area contributed by atoms with Crippen LogP contribution in [0.5, 0.6) is 0 Å². The fourth-order valence-corrected chi connectivity index (χ4v) is 2.31. The van der Waals surface area contributed by atoms with Gasteiger partial charge in [0.1, 0.15) is 5.69 Å². The predicted molar refractivity (Wildman–Crippen MR) is 99.9 cm³/mol. The second kappa shape index (κ2) is 9.44. The van der Waals surface area contributed by atoms with Crippen molar-refractivity contribution in [2.75, 3.05) is 11.6 Å². The highest BCUT2D eigenvalue weighted by Crippen LogP contribution is 2.12. The van der Waals surface area contributed by atoms with Gasteiger partial charge in [0, 0.05) is 12.2 Å². The minimum Gasteiger partial charge on any atom is -0.466 e. The lowest BCUT2D eigenvalue weighted by Gasteiger charge is -2.16. The molecule has 2 rings (SSSR count). The van der Waals surface area contributed by atoms with Crippen molar-refractivity contribution in [3.63, 3.8) is 0 Å². The Labute approximate surface area is 157 Å². The van der Waals surface area contributed by atoms with E-state index in [9.17, 15) is 14.4 Å². The average Bonchev–Trinajstić information content (AvgIpc) is 2.67. The molecule has 0 aliphatic carbocycles. The minimum absolute atomic E-state index is 0.0722. The van der Waals surface area contributed by atoms with Crippen LogP contribution in [0.1, 0.15) is 41.1 Å². The summed E-state index contributed by atoms with van der Waals surface area (Å²) in [5.74, 6) is 4.55. The lowest BCUT2D eigenvalue weighted by molar-refractivity contribution is -0.143. The van der Waals surface area contributed by atoms with Gasteiger partial charge < -0.3 is 10.1 Å². The van der Waals surface area contributed by atoms with E-state index in [1.54, 1.807) is 38.1 Å². The molecule has 0 aliphatic heterocycles. The molecular formula is C19H22N4O4. The van der Waals surface area contributed by atoms with Crippen LogP contribution in [0, 0.1) is 0 Å².